The SMILES string of the molecule is [2H]C1(c2cc[n+](C)c3c2C(C)(C)n2c4c-3c(C)ccc4n3c4ccccc4nc23)CCCC1. The van der Waals surface area contributed by atoms with Gasteiger partial charge >= 0.3 is 0 Å². The molecule has 0 radical (unpaired) electrons. The number of aromatic nitrogens is 4. The number of nitrogens with zero attached hydrogens (tertiary/aromatic N) is 4. The Balaban J connectivity index is 1.72. The van der Waals surface area contributed by atoms with Gasteiger partial charge in [0.25, 0.3) is 0 Å². The molecule has 1 saturated carbocycles. The first-order valence-corrected chi connectivity index (χ1v) is 11.8. The highest BCUT2D eigenvalue weighted by Crippen LogP contribution is 2.50. The number of benzene rings is 2. The summed E-state index contributed by atoms with van der Waals surface area (Å²) in [6.07, 6.45) is 6.33. The molecule has 0 N–H and O–H groups in total. The quantitative estimate of drug-likeness (QED) is 0.304. The third-order valence-corrected chi connectivity index (χ3v) is 7.89. The molecule has 7 rings (SSSR count). The Morgan fingerprint density at radius 3 is 2.66 bits per heavy atom. The van der Waals surface area contributed by atoms with Crippen LogP contribution in [0.15, 0.2) is 48.7 Å². The minimum absolute atomic E-state index is 0.342. The molecule has 0 amide bonds. The summed E-state index contributed by atoms with van der Waals surface area (Å²) in [5.74, 6) is 0.468. The topological polar surface area (TPSA) is 26.1 Å². The van der Waals surface area contributed by atoms with Crippen LogP contribution >= 0.6 is 0 Å². The highest BCUT2D eigenvalue weighted by Gasteiger charge is 2.44. The van der Waals surface area contributed by atoms with Gasteiger partial charge in [-0.15, -0.1) is 0 Å². The van der Waals surface area contributed by atoms with Crippen LogP contribution in [0.4, 0.5) is 0 Å². The van der Waals surface area contributed by atoms with E-state index in [1.165, 1.54) is 39.0 Å². The van der Waals surface area contributed by atoms with Crippen molar-refractivity contribution in [2.75, 3.05) is 0 Å². The summed E-state index contributed by atoms with van der Waals surface area (Å²) >= 11 is 0. The second kappa shape index (κ2) is 6.00. The molecule has 2 aromatic carbocycles. The van der Waals surface area contributed by atoms with Crippen LogP contribution in [0, 0.1) is 6.92 Å². The molecule has 0 saturated heterocycles. The number of para-hydroxylation sites is 2. The molecule has 1 aliphatic carbocycles. The Morgan fingerprint density at radius 2 is 1.84 bits per heavy atom. The van der Waals surface area contributed by atoms with Crippen LogP contribution < -0.4 is 4.57 Å². The lowest BCUT2D eigenvalue weighted by molar-refractivity contribution is -0.661. The molecule has 0 unspecified atom stereocenters. The third-order valence-electron chi connectivity index (χ3n) is 7.89. The van der Waals surface area contributed by atoms with E-state index in [0.29, 0.717) is 0 Å². The van der Waals surface area contributed by atoms with Gasteiger partial charge in [-0.25, -0.2) is 9.55 Å². The van der Waals surface area contributed by atoms with Gasteiger partial charge in [-0.1, -0.05) is 31.0 Å². The van der Waals surface area contributed by atoms with Crippen molar-refractivity contribution < 1.29 is 5.94 Å². The molecule has 32 heavy (non-hydrogen) atoms. The smallest absolute Gasteiger partial charge is 0.220 e. The van der Waals surface area contributed by atoms with Gasteiger partial charge in [0.05, 0.1) is 38.7 Å². The van der Waals surface area contributed by atoms with Gasteiger partial charge in [0, 0.05) is 7.44 Å². The Morgan fingerprint density at radius 1 is 1.06 bits per heavy atom. The Kier molecular flexibility index (Phi) is 3.27. The van der Waals surface area contributed by atoms with Gasteiger partial charge in [0.1, 0.15) is 7.05 Å². The van der Waals surface area contributed by atoms with Gasteiger partial charge in [-0.05, 0) is 68.8 Å². The van der Waals surface area contributed by atoms with E-state index in [-0.39, 0.29) is 5.54 Å². The fourth-order valence-electron chi connectivity index (χ4n) is 6.46. The number of fused-ring (bicyclic) bond motifs is 7. The standard InChI is InChI=1S/C28H29N4/c1-17-13-14-22-25-23(17)26-24(19(15-16-30(26)4)18-9-5-6-10-18)28(2,3)32(25)27-29-20-11-7-8-12-21(20)31(22)27/h7-8,11-16,18H,5-6,9-10H2,1-4H3/q+1/i18D. The number of aryl methyl sites for hydroxylation is 2. The van der Waals surface area contributed by atoms with Crippen LogP contribution in [-0.2, 0) is 12.6 Å². The second-order valence-electron chi connectivity index (χ2n) is 10.1. The first-order chi connectivity index (χ1) is 15.8. The third kappa shape index (κ3) is 2.08. The van der Waals surface area contributed by atoms with Gasteiger partial charge in [0.15, 0.2) is 6.20 Å². The first kappa shape index (κ1) is 17.4. The molecular weight excluding hydrogens is 392 g/mol. The van der Waals surface area contributed by atoms with Crippen LogP contribution in [0.1, 0.15) is 63.5 Å². The zero-order valence-corrected chi connectivity index (χ0v) is 19.2. The molecular formula is C28H29N4+. The molecule has 0 spiro atoms. The second-order valence-corrected chi connectivity index (χ2v) is 10.1. The van der Waals surface area contributed by atoms with E-state index in [2.05, 4.69) is 90.0 Å². The summed E-state index contributed by atoms with van der Waals surface area (Å²) in [5, 5.41) is 0. The average Bonchev–Trinajstić information content (AvgIpc) is 3.46. The molecule has 1 fully saturated rings. The monoisotopic (exact) mass is 422 g/mol. The van der Waals surface area contributed by atoms with Crippen molar-refractivity contribution in [1.29, 1.82) is 0 Å². The number of imidazole rings is 2. The summed E-state index contributed by atoms with van der Waals surface area (Å²) in [5.41, 5.74) is 10.6. The van der Waals surface area contributed by atoms with Crippen LogP contribution in [-0.4, -0.2) is 14.0 Å². The van der Waals surface area contributed by atoms with Gasteiger partial charge in [-0.2, -0.15) is 0 Å². The van der Waals surface area contributed by atoms with E-state index < -0.39 is 5.89 Å². The summed E-state index contributed by atoms with van der Waals surface area (Å²) in [6, 6.07) is 15.1. The molecule has 2 aliphatic rings. The molecule has 160 valence electrons. The maximum absolute atomic E-state index is 9.47. The lowest BCUT2D eigenvalue weighted by atomic mass is 9.78. The number of hydrogen-bond acceptors (Lipinski definition) is 1. The Labute approximate surface area is 189 Å². The van der Waals surface area contributed by atoms with Crippen molar-refractivity contribution in [2.24, 2.45) is 7.05 Å². The first-order valence-electron chi connectivity index (χ1n) is 12.3. The number of hydrogen-bond donors (Lipinski definition) is 0. The maximum atomic E-state index is 9.47. The van der Waals surface area contributed by atoms with E-state index >= 15 is 0 Å². The van der Waals surface area contributed by atoms with Gasteiger partial charge < -0.3 is 0 Å². The summed E-state index contributed by atoms with van der Waals surface area (Å²) in [4.78, 5) is 5.14. The largest absolute Gasteiger partial charge is 0.299 e. The molecule has 4 heteroatoms. The van der Waals surface area contributed by atoms with E-state index in [4.69, 9.17) is 4.98 Å². The van der Waals surface area contributed by atoms with Crippen LogP contribution in [0.25, 0.3) is 39.1 Å². The number of rotatable bonds is 1. The number of pyridine rings is 1. The van der Waals surface area contributed by atoms with E-state index in [0.717, 1.165) is 42.5 Å². The fourth-order valence-corrected chi connectivity index (χ4v) is 6.46. The molecule has 0 bridgehead atoms. The summed E-state index contributed by atoms with van der Waals surface area (Å²) in [7, 11) is 2.15. The minimum Gasteiger partial charge on any atom is -0.299 e. The lowest BCUT2D eigenvalue weighted by Gasteiger charge is -2.36. The highest BCUT2D eigenvalue weighted by molar-refractivity contribution is 6.01. The van der Waals surface area contributed by atoms with E-state index in [9.17, 15) is 1.37 Å². The van der Waals surface area contributed by atoms with Crippen molar-refractivity contribution in [1.82, 2.24) is 14.0 Å². The van der Waals surface area contributed by atoms with E-state index in [1.807, 2.05) is 0 Å². The van der Waals surface area contributed by atoms with Crippen molar-refractivity contribution in [3.8, 4) is 11.3 Å². The highest BCUT2D eigenvalue weighted by atomic mass is 15.2. The molecule has 4 heterocycles. The molecule has 3 aromatic heterocycles. The summed E-state index contributed by atoms with van der Waals surface area (Å²) < 4.78 is 16.5. The summed E-state index contributed by atoms with van der Waals surface area (Å²) in [6.45, 7) is 6.85. The minimum atomic E-state index is -0.515. The molecule has 5 aromatic rings. The van der Waals surface area contributed by atoms with Crippen LogP contribution in [0.2, 0.25) is 0 Å². The normalized spacial score (nSPS) is 19.1. The zero-order chi connectivity index (χ0) is 22.7. The van der Waals surface area contributed by atoms with Crippen molar-refractivity contribution in [2.45, 2.75) is 57.9 Å². The predicted molar refractivity (Wildman–Crippen MR) is 129 cm³/mol. The zero-order valence-electron chi connectivity index (χ0n) is 20.2. The van der Waals surface area contributed by atoms with Crippen molar-refractivity contribution in [3.63, 3.8) is 0 Å². The fraction of sp³-hybridized carbons (Fsp3) is 0.357. The van der Waals surface area contributed by atoms with Gasteiger partial charge in [0.2, 0.25) is 11.5 Å². The molecule has 4 nitrogen and oxygen atoms in total. The van der Waals surface area contributed by atoms with Crippen LogP contribution in [0.3, 0.4) is 0 Å². The molecule has 0 atom stereocenters. The predicted octanol–water partition coefficient (Wildman–Crippen LogP) is 6.00. The molecule has 1 aliphatic heterocycles. The maximum Gasteiger partial charge on any atom is 0.220 e. The average molecular weight is 423 g/mol. The van der Waals surface area contributed by atoms with Gasteiger partial charge in [-0.3, -0.25) is 8.97 Å². The van der Waals surface area contributed by atoms with Crippen molar-refractivity contribution in [3.05, 3.63) is 65.4 Å². The van der Waals surface area contributed by atoms with Crippen molar-refractivity contribution >= 4 is 27.8 Å². The van der Waals surface area contributed by atoms with E-state index in [1.54, 1.807) is 0 Å². The Hall–Kier alpha value is -3.14. The lowest BCUT2D eigenvalue weighted by Crippen LogP contribution is -2.41. The van der Waals surface area contributed by atoms with Crippen LogP contribution in [0.5, 0.6) is 0 Å². The Bertz CT molecular complexity index is 1630.